The number of fused-ring (bicyclic) bond motifs is 4. The van der Waals surface area contributed by atoms with Gasteiger partial charge in [0.15, 0.2) is 28.7 Å². The van der Waals surface area contributed by atoms with Crippen molar-refractivity contribution in [1.82, 2.24) is 33.9 Å². The predicted molar refractivity (Wildman–Crippen MR) is 392 cm³/mol. The SMILES string of the molecule is COc1ccc(C(OC[C@@]23CO[C@@H]([C@H](n4cnc5c(NC(=O)c6ccccc6)ncnc54)O2)[C@@H]3OP(=O)(OCCC#N)OC[C@H]2O[C@@H](c3snc4c(=O)[nH]c(NC(=O)C(C)C)nc34)[C@H](OC(c3ccccc3)(c3ccc(OC)cc3)c3ccc(OC)cc3)[C@@H]2OC)(c2ccccc2)c2ccc(OC)cc2)cc1. The fourth-order valence-electron chi connectivity index (χ4n) is 13.8. The Morgan fingerprint density at radius 1 is 0.692 bits per heavy atom. The topological polar surface area (TPSA) is 321 Å². The number of methoxy groups -OCH3 is 5. The van der Waals surface area contributed by atoms with Crippen LogP contribution in [0.15, 0.2) is 206 Å². The van der Waals surface area contributed by atoms with Crippen molar-refractivity contribution in [3.05, 3.63) is 255 Å². The standard InChI is InChI=1S/C78H75N10O17PS/c1-47(2)71(89)85-75-83-60-61(73(91)86-75)87-107-67(60)65-64(103-78(50-22-15-10-16-23-50,53-28-36-57(95-5)37-29-53)54-30-38-58(96-6)39-31-54)63(97-7)59(102-65)42-101-106(92,100-41-17-40-79)105-68-66-74(88-46-82-62-69(80-45-81-70(62)88)84-72(90)48-18-11-8-12-19-48)104-76(68,43-98-66)44-99-77(49-20-13-9-14-21-49,51-24-32-55(93-3)33-25-51)52-26-34-56(94-4)35-27-52/h8-16,18-39,45-47,59,63-66,68,74H,17,41-44H2,1-7H3,(H,80,81,84,90)(H2,83,85,86,89,91)/t59-,63-,64-,65-,66-,68+,74-,76-,106?/m1/s1. The smallest absolute Gasteiger partial charge is 0.475 e. The van der Waals surface area contributed by atoms with E-state index in [2.05, 4.69) is 36.0 Å². The summed E-state index contributed by atoms with van der Waals surface area (Å²) in [6, 6.07) is 59.6. The van der Waals surface area contributed by atoms with E-state index in [-0.39, 0.29) is 53.6 Å². The first kappa shape index (κ1) is 73.3. The van der Waals surface area contributed by atoms with Crippen LogP contribution in [-0.2, 0) is 62.6 Å². The van der Waals surface area contributed by atoms with E-state index in [1.54, 1.807) is 77.2 Å². The lowest BCUT2D eigenvalue weighted by Crippen LogP contribution is -2.49. The van der Waals surface area contributed by atoms with Gasteiger partial charge in [0.25, 0.3) is 11.5 Å². The van der Waals surface area contributed by atoms with E-state index >= 15 is 4.57 Å². The summed E-state index contributed by atoms with van der Waals surface area (Å²) in [6.07, 6.45) is -6.25. The van der Waals surface area contributed by atoms with Crippen LogP contribution in [0.4, 0.5) is 11.8 Å². The van der Waals surface area contributed by atoms with E-state index < -0.39 is 104 Å². The molecule has 0 saturated carbocycles. The monoisotopic (exact) mass is 1490 g/mol. The molecular weight excluding hydrogens is 1410 g/mol. The third-order valence-electron chi connectivity index (χ3n) is 19.1. The Morgan fingerprint density at radius 2 is 1.24 bits per heavy atom. The molecule has 107 heavy (non-hydrogen) atoms. The van der Waals surface area contributed by atoms with Crippen molar-refractivity contribution < 1.29 is 75.1 Å². The van der Waals surface area contributed by atoms with Crippen LogP contribution in [0, 0.1) is 17.2 Å². The third kappa shape index (κ3) is 14.3. The Hall–Kier alpha value is -10.6. The Morgan fingerprint density at radius 3 is 1.79 bits per heavy atom. The number of nitriles is 1. The summed E-state index contributed by atoms with van der Waals surface area (Å²) in [5, 5.41) is 15.7. The van der Waals surface area contributed by atoms with Gasteiger partial charge in [-0.2, -0.15) is 9.64 Å². The number of H-pyrrole nitrogens is 1. The van der Waals surface area contributed by atoms with E-state index in [1.807, 2.05) is 158 Å². The number of hydrogen-bond donors (Lipinski definition) is 3. The fraction of sp³-hybridized carbons (Fsp3) is 0.295. The Labute approximate surface area is 618 Å². The van der Waals surface area contributed by atoms with E-state index in [4.69, 9.17) is 70.9 Å². The van der Waals surface area contributed by atoms with Crippen LogP contribution in [0.2, 0.25) is 0 Å². The lowest BCUT2D eigenvalue weighted by Gasteiger charge is -2.40. The van der Waals surface area contributed by atoms with E-state index in [0.717, 1.165) is 11.5 Å². The number of anilines is 2. The van der Waals surface area contributed by atoms with Gasteiger partial charge in [0.2, 0.25) is 11.9 Å². The number of amides is 2. The summed E-state index contributed by atoms with van der Waals surface area (Å²) >= 11 is 0.924. The second kappa shape index (κ2) is 31.4. The summed E-state index contributed by atoms with van der Waals surface area (Å²) < 4.78 is 109. The number of imidazole rings is 1. The van der Waals surface area contributed by atoms with Gasteiger partial charge in [-0.3, -0.25) is 42.8 Å². The maximum atomic E-state index is 16.5. The molecule has 7 aromatic carbocycles. The van der Waals surface area contributed by atoms with Gasteiger partial charge >= 0.3 is 7.82 Å². The number of rotatable bonds is 30. The summed E-state index contributed by atoms with van der Waals surface area (Å²) in [7, 11) is 2.67. The van der Waals surface area contributed by atoms with Gasteiger partial charge in [-0.1, -0.05) is 141 Å². The highest BCUT2D eigenvalue weighted by Gasteiger charge is 2.66. The highest BCUT2D eigenvalue weighted by Crippen LogP contribution is 2.60. The summed E-state index contributed by atoms with van der Waals surface area (Å²) in [4.78, 5) is 62.5. The van der Waals surface area contributed by atoms with Gasteiger partial charge in [-0.25, -0.2) is 24.5 Å². The first-order chi connectivity index (χ1) is 52.1. The highest BCUT2D eigenvalue weighted by molar-refractivity contribution is 7.48. The minimum Gasteiger partial charge on any atom is -0.497 e. The lowest BCUT2D eigenvalue weighted by atomic mass is 9.79. The highest BCUT2D eigenvalue weighted by atomic mass is 32.1. The third-order valence-corrected chi connectivity index (χ3v) is 21.5. The van der Waals surface area contributed by atoms with Gasteiger partial charge in [-0.05, 0) is 106 Å². The van der Waals surface area contributed by atoms with Gasteiger partial charge < -0.3 is 52.7 Å². The number of carbonyl (C=O) groups excluding carboxylic acids is 2. The average Bonchev–Trinajstić information content (AvgIpc) is 1.60. The van der Waals surface area contributed by atoms with Crippen LogP contribution < -0.4 is 35.1 Å². The van der Waals surface area contributed by atoms with Crippen LogP contribution in [0.25, 0.3) is 22.2 Å². The maximum Gasteiger partial charge on any atom is 0.475 e. The summed E-state index contributed by atoms with van der Waals surface area (Å²) in [5.74, 6) is 0.949. The average molecular weight is 1490 g/mol. The molecule has 9 atom stereocenters. The number of nitrogens with one attached hydrogen (secondary N) is 3. The van der Waals surface area contributed by atoms with E-state index in [9.17, 15) is 19.6 Å². The molecule has 7 heterocycles. The van der Waals surface area contributed by atoms with E-state index in [0.29, 0.717) is 66.8 Å². The normalized spacial score (nSPS) is 20.4. The number of phosphoric acid groups is 1. The number of aromatic amines is 1. The number of nitrogens with zero attached hydrogens (tertiary/aromatic N) is 7. The van der Waals surface area contributed by atoms with Crippen molar-refractivity contribution in [2.45, 2.75) is 79.9 Å². The van der Waals surface area contributed by atoms with Crippen LogP contribution in [0.5, 0.6) is 23.0 Å². The maximum absolute atomic E-state index is 16.5. The summed E-state index contributed by atoms with van der Waals surface area (Å²) in [5.41, 5.74) is -0.551. The molecule has 0 aliphatic carbocycles. The van der Waals surface area contributed by atoms with Crippen molar-refractivity contribution >= 4 is 65.1 Å². The van der Waals surface area contributed by atoms with Crippen molar-refractivity contribution in [3.8, 4) is 29.1 Å². The number of carbonyl (C=O) groups is 2. The number of hydrogen-bond acceptors (Lipinski definition) is 24. The molecule has 3 aliphatic heterocycles. The van der Waals surface area contributed by atoms with Crippen molar-refractivity contribution in [2.75, 3.05) is 72.6 Å². The molecule has 1 unspecified atom stereocenters. The fourth-order valence-corrected chi connectivity index (χ4v) is 16.1. The zero-order valence-corrected chi connectivity index (χ0v) is 60.8. The minimum atomic E-state index is -5.10. The number of phosphoric ester groups is 1. The molecule has 27 nitrogen and oxygen atoms in total. The number of benzene rings is 7. The first-order valence-corrected chi connectivity index (χ1v) is 36.5. The molecule has 2 amide bonds. The van der Waals surface area contributed by atoms with E-state index in [1.165, 1.54) is 19.8 Å². The van der Waals surface area contributed by atoms with Gasteiger partial charge in [0.1, 0.15) is 88.3 Å². The minimum absolute atomic E-state index is 0.0563. The number of aromatic nitrogens is 7. The molecule has 0 spiro atoms. The molecule has 2 bridgehead atoms. The second-order valence-corrected chi connectivity index (χ2v) is 28.1. The molecular formula is C78H75N10O17PS. The predicted octanol–water partition coefficient (Wildman–Crippen LogP) is 12.0. The molecule has 14 rings (SSSR count). The van der Waals surface area contributed by atoms with Gasteiger partial charge in [-0.15, -0.1) is 0 Å². The van der Waals surface area contributed by atoms with Crippen LogP contribution in [0.1, 0.15) is 81.2 Å². The molecule has 3 saturated heterocycles. The van der Waals surface area contributed by atoms with Crippen LogP contribution >= 0.6 is 19.4 Å². The van der Waals surface area contributed by atoms with Crippen LogP contribution in [0.3, 0.4) is 0 Å². The Kier molecular flexibility index (Phi) is 21.5. The zero-order valence-electron chi connectivity index (χ0n) is 59.1. The molecule has 3 fully saturated rings. The van der Waals surface area contributed by atoms with Crippen molar-refractivity contribution in [1.29, 1.82) is 5.26 Å². The quantitative estimate of drug-likeness (QED) is 0.0214. The zero-order chi connectivity index (χ0) is 74.5. The van der Waals surface area contributed by atoms with Gasteiger partial charge in [0, 0.05) is 18.6 Å². The Bertz CT molecular complexity index is 5000. The molecule has 3 N–H and O–H groups in total. The molecule has 11 aromatic rings. The van der Waals surface area contributed by atoms with Crippen molar-refractivity contribution in [3.63, 3.8) is 0 Å². The number of ether oxygens (including phenoxy) is 10. The first-order valence-electron chi connectivity index (χ1n) is 34.3. The molecule has 4 aromatic heterocycles. The summed E-state index contributed by atoms with van der Waals surface area (Å²) in [6.45, 7) is 1.75. The largest absolute Gasteiger partial charge is 0.497 e. The Balaban J connectivity index is 0.880. The molecule has 0 radical (unpaired) electrons. The molecule has 3 aliphatic rings. The second-order valence-electron chi connectivity index (χ2n) is 25.7. The molecule has 550 valence electrons. The lowest BCUT2D eigenvalue weighted by molar-refractivity contribution is -0.202. The molecule has 29 heteroatoms. The van der Waals surface area contributed by atoms with Crippen LogP contribution in [-0.4, -0.2) is 144 Å². The van der Waals surface area contributed by atoms with Gasteiger partial charge in [0.05, 0.1) is 78.6 Å². The van der Waals surface area contributed by atoms with Crippen molar-refractivity contribution in [2.24, 2.45) is 5.92 Å².